The first-order chi connectivity index (χ1) is 8.93. The number of ether oxygens (including phenoxy) is 1. The van der Waals surface area contributed by atoms with Gasteiger partial charge in [0.2, 0.25) is 0 Å². The molecule has 0 heterocycles. The molecule has 0 saturated carbocycles. The van der Waals surface area contributed by atoms with E-state index in [0.717, 1.165) is 6.07 Å². The summed E-state index contributed by atoms with van der Waals surface area (Å²) in [6.45, 7) is -0.953. The summed E-state index contributed by atoms with van der Waals surface area (Å²) < 4.78 is 4.92. The molecule has 0 atom stereocenters. The Morgan fingerprint density at radius 3 is 2.68 bits per heavy atom. The minimum absolute atomic E-state index is 0.151. The Morgan fingerprint density at radius 2 is 2.16 bits per heavy atom. The number of nitrogens with zero attached hydrogens (tertiary/aromatic N) is 1. The summed E-state index contributed by atoms with van der Waals surface area (Å²) in [6, 6.07) is 2.75. The summed E-state index contributed by atoms with van der Waals surface area (Å²) in [4.78, 5) is 31.5. The number of imide groups is 1. The van der Waals surface area contributed by atoms with Crippen molar-refractivity contribution < 1.29 is 24.4 Å². The molecular weight excluding hydrogens is 258 g/mol. The molecule has 1 aromatic rings. The number of aliphatic hydroxyl groups excluding tert-OH is 1. The minimum atomic E-state index is -1.04. The fourth-order valence-corrected chi connectivity index (χ4v) is 1.24. The van der Waals surface area contributed by atoms with Gasteiger partial charge in [-0.3, -0.25) is 20.2 Å². The molecule has 1 rings (SSSR count). The number of primary amides is 1. The number of urea groups is 1. The van der Waals surface area contributed by atoms with Crippen LogP contribution in [0.1, 0.15) is 5.56 Å². The van der Waals surface area contributed by atoms with E-state index in [2.05, 4.69) is 0 Å². The third-order valence-corrected chi connectivity index (χ3v) is 2.02. The zero-order valence-corrected chi connectivity index (χ0v) is 9.66. The van der Waals surface area contributed by atoms with Crippen LogP contribution in [-0.4, -0.2) is 28.6 Å². The van der Waals surface area contributed by atoms with E-state index in [-0.39, 0.29) is 12.4 Å². The number of benzene rings is 1. The van der Waals surface area contributed by atoms with Gasteiger partial charge in [-0.15, -0.1) is 0 Å². The first-order valence-corrected chi connectivity index (χ1v) is 5.04. The molecule has 0 radical (unpaired) electrons. The van der Waals surface area contributed by atoms with E-state index < -0.39 is 29.2 Å². The van der Waals surface area contributed by atoms with E-state index in [1.165, 1.54) is 12.1 Å². The molecule has 0 unspecified atom stereocenters. The number of carbonyl (C=O) groups excluding carboxylic acids is 2. The third kappa shape index (κ3) is 4.24. The van der Waals surface area contributed by atoms with Gasteiger partial charge in [-0.1, -0.05) is 6.07 Å². The van der Waals surface area contributed by atoms with Crippen LogP contribution < -0.4 is 15.8 Å². The molecule has 102 valence electrons. The fraction of sp³-hybridized carbons (Fsp3) is 0.200. The summed E-state index contributed by atoms with van der Waals surface area (Å²) in [6.07, 6.45) is 0. The van der Waals surface area contributed by atoms with Gasteiger partial charge in [0, 0.05) is 6.07 Å². The Kier molecular flexibility index (Phi) is 4.77. The van der Waals surface area contributed by atoms with Gasteiger partial charge in [-0.2, -0.15) is 0 Å². The molecule has 0 aliphatic carbocycles. The SMILES string of the molecule is NC(=O)NC(=O)COc1ccc(CO)cc1[N+](=O)[O-]. The van der Waals surface area contributed by atoms with Crippen molar-refractivity contribution in [3.05, 3.63) is 33.9 Å². The Labute approximate surface area is 107 Å². The van der Waals surface area contributed by atoms with Crippen LogP contribution in [0.4, 0.5) is 10.5 Å². The Balaban J connectivity index is 2.80. The van der Waals surface area contributed by atoms with Gasteiger partial charge in [-0.25, -0.2) is 4.79 Å². The third-order valence-electron chi connectivity index (χ3n) is 2.02. The number of amides is 3. The maximum absolute atomic E-state index is 11.1. The average Bonchev–Trinajstić information content (AvgIpc) is 2.35. The van der Waals surface area contributed by atoms with Gasteiger partial charge in [0.15, 0.2) is 12.4 Å². The number of carbonyl (C=O) groups is 2. The van der Waals surface area contributed by atoms with Crippen LogP contribution in [-0.2, 0) is 11.4 Å². The molecule has 0 saturated heterocycles. The first kappa shape index (κ1) is 14.4. The molecule has 0 aromatic heterocycles. The molecule has 9 nitrogen and oxygen atoms in total. The number of aliphatic hydroxyl groups is 1. The molecule has 4 N–H and O–H groups in total. The summed E-state index contributed by atoms with van der Waals surface area (Å²) >= 11 is 0. The van der Waals surface area contributed by atoms with Gasteiger partial charge in [0.25, 0.3) is 5.91 Å². The highest BCUT2D eigenvalue weighted by molar-refractivity contribution is 5.94. The minimum Gasteiger partial charge on any atom is -0.477 e. The van der Waals surface area contributed by atoms with Crippen LogP contribution in [0.2, 0.25) is 0 Å². The number of nitrogens with one attached hydrogen (secondary N) is 1. The topological polar surface area (TPSA) is 145 Å². The number of rotatable bonds is 5. The predicted molar refractivity (Wildman–Crippen MR) is 62.2 cm³/mol. The molecule has 1 aromatic carbocycles. The van der Waals surface area contributed by atoms with E-state index in [4.69, 9.17) is 15.6 Å². The Hall–Kier alpha value is -2.68. The maximum Gasteiger partial charge on any atom is 0.318 e. The molecular formula is C10H11N3O6. The Morgan fingerprint density at radius 1 is 1.47 bits per heavy atom. The van der Waals surface area contributed by atoms with Crippen LogP contribution in [0.15, 0.2) is 18.2 Å². The second kappa shape index (κ2) is 6.31. The fourth-order valence-electron chi connectivity index (χ4n) is 1.24. The maximum atomic E-state index is 11.1. The highest BCUT2D eigenvalue weighted by Crippen LogP contribution is 2.27. The molecule has 0 fully saturated rings. The summed E-state index contributed by atoms with van der Waals surface area (Å²) in [5, 5.41) is 21.4. The Bertz CT molecular complexity index is 516. The van der Waals surface area contributed by atoms with Crippen molar-refractivity contribution in [1.29, 1.82) is 0 Å². The standard InChI is InChI=1S/C10H11N3O6/c11-10(16)12-9(15)5-19-8-2-1-6(4-14)3-7(8)13(17)18/h1-3,14H,4-5H2,(H3,11,12,15,16). The number of hydrogen-bond acceptors (Lipinski definition) is 6. The number of hydrogen-bond donors (Lipinski definition) is 3. The smallest absolute Gasteiger partial charge is 0.318 e. The summed E-state index contributed by atoms with van der Waals surface area (Å²) in [5.74, 6) is -0.977. The summed E-state index contributed by atoms with van der Waals surface area (Å²) in [7, 11) is 0. The highest BCUT2D eigenvalue weighted by atomic mass is 16.6. The lowest BCUT2D eigenvalue weighted by molar-refractivity contribution is -0.385. The van der Waals surface area contributed by atoms with E-state index >= 15 is 0 Å². The zero-order chi connectivity index (χ0) is 14.4. The predicted octanol–water partition coefficient (Wildman–Crippen LogP) is -0.339. The van der Waals surface area contributed by atoms with E-state index in [0.29, 0.717) is 5.56 Å². The molecule has 0 spiro atoms. The van der Waals surface area contributed by atoms with Crippen molar-refractivity contribution >= 4 is 17.6 Å². The first-order valence-electron chi connectivity index (χ1n) is 5.04. The second-order valence-corrected chi connectivity index (χ2v) is 3.42. The lowest BCUT2D eigenvalue weighted by Crippen LogP contribution is -2.38. The number of nitro benzene ring substituents is 1. The molecule has 0 aliphatic heterocycles. The van der Waals surface area contributed by atoms with Crippen LogP contribution >= 0.6 is 0 Å². The van der Waals surface area contributed by atoms with Crippen molar-refractivity contribution in [2.45, 2.75) is 6.61 Å². The number of nitrogens with two attached hydrogens (primary N) is 1. The quantitative estimate of drug-likeness (QED) is 0.492. The monoisotopic (exact) mass is 269 g/mol. The molecule has 19 heavy (non-hydrogen) atoms. The van der Waals surface area contributed by atoms with Crippen molar-refractivity contribution in [2.75, 3.05) is 6.61 Å². The van der Waals surface area contributed by atoms with Crippen molar-refractivity contribution in [3.63, 3.8) is 0 Å². The number of nitro groups is 1. The van der Waals surface area contributed by atoms with Crippen molar-refractivity contribution in [2.24, 2.45) is 5.73 Å². The lowest BCUT2D eigenvalue weighted by Gasteiger charge is -2.07. The van der Waals surface area contributed by atoms with E-state index in [1.54, 1.807) is 5.32 Å². The molecule has 9 heteroatoms. The average molecular weight is 269 g/mol. The van der Waals surface area contributed by atoms with Gasteiger partial charge in [0.1, 0.15) is 0 Å². The molecule has 0 aliphatic rings. The lowest BCUT2D eigenvalue weighted by atomic mass is 10.2. The van der Waals surface area contributed by atoms with E-state index in [9.17, 15) is 19.7 Å². The normalized spacial score (nSPS) is 9.74. The van der Waals surface area contributed by atoms with Gasteiger partial charge in [-0.05, 0) is 11.6 Å². The van der Waals surface area contributed by atoms with Crippen LogP contribution in [0.3, 0.4) is 0 Å². The second-order valence-electron chi connectivity index (χ2n) is 3.42. The van der Waals surface area contributed by atoms with Crippen LogP contribution in [0, 0.1) is 10.1 Å². The van der Waals surface area contributed by atoms with Gasteiger partial charge in [0.05, 0.1) is 11.5 Å². The largest absolute Gasteiger partial charge is 0.477 e. The van der Waals surface area contributed by atoms with Gasteiger partial charge >= 0.3 is 11.7 Å². The zero-order valence-electron chi connectivity index (χ0n) is 9.66. The molecule has 3 amide bonds. The van der Waals surface area contributed by atoms with E-state index in [1.807, 2.05) is 0 Å². The highest BCUT2D eigenvalue weighted by Gasteiger charge is 2.17. The van der Waals surface area contributed by atoms with Gasteiger partial charge < -0.3 is 15.6 Å². The molecule has 0 bridgehead atoms. The van der Waals surface area contributed by atoms with Crippen molar-refractivity contribution in [3.8, 4) is 5.75 Å². The van der Waals surface area contributed by atoms with Crippen LogP contribution in [0.5, 0.6) is 5.75 Å². The summed E-state index contributed by atoms with van der Waals surface area (Å²) in [5.41, 5.74) is 4.66. The van der Waals surface area contributed by atoms with Crippen LogP contribution in [0.25, 0.3) is 0 Å². The van der Waals surface area contributed by atoms with Crippen molar-refractivity contribution in [1.82, 2.24) is 5.32 Å².